The zero-order valence-electron chi connectivity index (χ0n) is 22.9. The minimum atomic E-state index is -3.54. The Morgan fingerprint density at radius 3 is 2.59 bits per heavy atom. The number of rotatable bonds is 9. The van der Waals surface area contributed by atoms with Gasteiger partial charge in [-0.15, -0.1) is 11.3 Å². The number of thiophene rings is 1. The summed E-state index contributed by atoms with van der Waals surface area (Å²) in [7, 11) is -2.08. The van der Waals surface area contributed by atoms with E-state index >= 15 is 0 Å². The summed E-state index contributed by atoms with van der Waals surface area (Å²) in [6, 6.07) is 1.73. The molecule has 0 atom stereocenters. The third kappa shape index (κ3) is 6.43. The van der Waals surface area contributed by atoms with Crippen molar-refractivity contribution < 1.29 is 22.6 Å². The maximum atomic E-state index is 12.0. The van der Waals surface area contributed by atoms with Crippen LogP contribution >= 0.6 is 11.3 Å². The molecule has 3 aromatic heterocycles. The summed E-state index contributed by atoms with van der Waals surface area (Å²) in [5.74, 6) is 0.838. The van der Waals surface area contributed by atoms with E-state index in [9.17, 15) is 8.42 Å². The molecule has 0 spiro atoms. The Bertz CT molecular complexity index is 1420. The van der Waals surface area contributed by atoms with Crippen LogP contribution in [-0.4, -0.2) is 93.7 Å². The molecule has 1 N–H and O–H groups in total. The SMILES string of the molecule is CCOC1CCN(Cc2c(C)sc3c(-c4cnc(OC)c(NS(C)(=O)=O)c4)nc(N4CCOCC4)nc23)CC1. The van der Waals surface area contributed by atoms with Crippen molar-refractivity contribution in [3.8, 4) is 17.1 Å². The predicted octanol–water partition coefficient (Wildman–Crippen LogP) is 3.28. The van der Waals surface area contributed by atoms with E-state index in [0.717, 1.165) is 61.2 Å². The number of likely N-dealkylation sites (tertiary alicyclic amines) is 1. The Morgan fingerprint density at radius 1 is 1.18 bits per heavy atom. The lowest BCUT2D eigenvalue weighted by molar-refractivity contribution is 0.0126. The first-order valence-electron chi connectivity index (χ1n) is 13.2. The highest BCUT2D eigenvalue weighted by atomic mass is 32.2. The minimum absolute atomic E-state index is 0.196. The van der Waals surface area contributed by atoms with Crippen molar-refractivity contribution in [3.63, 3.8) is 0 Å². The van der Waals surface area contributed by atoms with Gasteiger partial charge >= 0.3 is 0 Å². The number of ether oxygens (including phenoxy) is 3. The van der Waals surface area contributed by atoms with Gasteiger partial charge in [0.15, 0.2) is 0 Å². The largest absolute Gasteiger partial charge is 0.480 e. The van der Waals surface area contributed by atoms with Crippen molar-refractivity contribution in [2.24, 2.45) is 0 Å². The summed E-state index contributed by atoms with van der Waals surface area (Å²) in [6.45, 7) is 10.4. The number of morpholine rings is 1. The summed E-state index contributed by atoms with van der Waals surface area (Å²) in [5, 5.41) is 0. The van der Waals surface area contributed by atoms with Gasteiger partial charge in [0.2, 0.25) is 21.9 Å². The second kappa shape index (κ2) is 11.9. The van der Waals surface area contributed by atoms with Gasteiger partial charge in [-0.25, -0.2) is 23.4 Å². The molecule has 0 radical (unpaired) electrons. The summed E-state index contributed by atoms with van der Waals surface area (Å²) in [5.41, 5.74) is 3.82. The zero-order chi connectivity index (χ0) is 27.6. The van der Waals surface area contributed by atoms with Crippen LogP contribution in [-0.2, 0) is 26.0 Å². The highest BCUT2D eigenvalue weighted by Crippen LogP contribution is 2.39. The van der Waals surface area contributed by atoms with Gasteiger partial charge < -0.3 is 19.1 Å². The van der Waals surface area contributed by atoms with E-state index in [-0.39, 0.29) is 11.6 Å². The Balaban J connectivity index is 1.58. The molecule has 0 aliphatic carbocycles. The number of piperidine rings is 1. The fraction of sp³-hybridized carbons (Fsp3) is 0.577. The van der Waals surface area contributed by atoms with Gasteiger partial charge in [0.25, 0.3) is 0 Å². The Morgan fingerprint density at radius 2 is 1.92 bits per heavy atom. The van der Waals surface area contributed by atoms with Crippen molar-refractivity contribution >= 4 is 43.2 Å². The van der Waals surface area contributed by atoms with E-state index in [1.165, 1.54) is 17.6 Å². The number of sulfonamides is 1. The highest BCUT2D eigenvalue weighted by Gasteiger charge is 2.25. The molecular formula is C26H36N6O5S2. The smallest absolute Gasteiger partial charge is 0.238 e. The third-order valence-corrected chi connectivity index (χ3v) is 8.78. The molecule has 2 aliphatic rings. The molecule has 0 aromatic carbocycles. The Kier molecular flexibility index (Phi) is 8.52. The van der Waals surface area contributed by atoms with E-state index in [0.29, 0.717) is 43.9 Å². The molecule has 13 heteroatoms. The first-order valence-corrected chi connectivity index (χ1v) is 16.0. The van der Waals surface area contributed by atoms with Gasteiger partial charge in [0.05, 0.1) is 48.6 Å². The van der Waals surface area contributed by atoms with Crippen LogP contribution < -0.4 is 14.4 Å². The topological polar surface area (TPSA) is 119 Å². The van der Waals surface area contributed by atoms with Gasteiger partial charge in [-0.2, -0.15) is 0 Å². The van der Waals surface area contributed by atoms with E-state index in [2.05, 4.69) is 33.4 Å². The van der Waals surface area contributed by atoms with E-state index in [4.69, 9.17) is 24.2 Å². The molecular weight excluding hydrogens is 540 g/mol. The van der Waals surface area contributed by atoms with Gasteiger partial charge in [-0.1, -0.05) is 0 Å². The van der Waals surface area contributed by atoms with E-state index < -0.39 is 10.0 Å². The summed E-state index contributed by atoms with van der Waals surface area (Å²) >= 11 is 1.66. The number of pyridine rings is 1. The maximum absolute atomic E-state index is 12.0. The Labute approximate surface area is 233 Å². The molecule has 2 saturated heterocycles. The van der Waals surface area contributed by atoms with Crippen LogP contribution in [0.4, 0.5) is 11.6 Å². The van der Waals surface area contributed by atoms with Crippen LogP contribution in [0, 0.1) is 6.92 Å². The molecule has 0 bridgehead atoms. The molecule has 39 heavy (non-hydrogen) atoms. The molecule has 11 nitrogen and oxygen atoms in total. The highest BCUT2D eigenvalue weighted by molar-refractivity contribution is 7.92. The lowest BCUT2D eigenvalue weighted by Crippen LogP contribution is -2.37. The van der Waals surface area contributed by atoms with E-state index in [1.807, 2.05) is 0 Å². The molecule has 0 amide bonds. The summed E-state index contributed by atoms with van der Waals surface area (Å²) in [6.07, 6.45) is 5.17. The number of aromatic nitrogens is 3. The second-order valence-electron chi connectivity index (χ2n) is 9.87. The quantitative estimate of drug-likeness (QED) is 0.406. The van der Waals surface area contributed by atoms with E-state index in [1.54, 1.807) is 23.6 Å². The molecule has 0 unspecified atom stereocenters. The van der Waals surface area contributed by atoms with Gasteiger partial charge in [-0.3, -0.25) is 9.62 Å². The van der Waals surface area contributed by atoms with Crippen molar-refractivity contribution in [2.75, 3.05) is 69.0 Å². The number of aryl methyl sites for hydroxylation is 1. The van der Waals surface area contributed by atoms with Crippen LogP contribution in [0.15, 0.2) is 12.3 Å². The van der Waals surface area contributed by atoms with Crippen LogP contribution in [0.3, 0.4) is 0 Å². The maximum Gasteiger partial charge on any atom is 0.238 e. The number of hydrogen-bond acceptors (Lipinski definition) is 11. The number of hydrogen-bond donors (Lipinski definition) is 1. The molecule has 5 rings (SSSR count). The molecule has 2 fully saturated rings. The molecule has 0 saturated carbocycles. The van der Waals surface area contributed by atoms with Gasteiger partial charge in [0.1, 0.15) is 5.69 Å². The van der Waals surface area contributed by atoms with Gasteiger partial charge in [0, 0.05) is 61.5 Å². The predicted molar refractivity (Wildman–Crippen MR) is 153 cm³/mol. The van der Waals surface area contributed by atoms with Crippen molar-refractivity contribution in [2.45, 2.75) is 39.3 Å². The van der Waals surface area contributed by atoms with Crippen LogP contribution in [0.1, 0.15) is 30.2 Å². The first kappa shape index (κ1) is 28.0. The number of nitrogens with one attached hydrogen (secondary N) is 1. The zero-order valence-corrected chi connectivity index (χ0v) is 24.5. The summed E-state index contributed by atoms with van der Waals surface area (Å²) in [4.78, 5) is 20.3. The summed E-state index contributed by atoms with van der Waals surface area (Å²) < 4.78 is 44.3. The molecule has 5 heterocycles. The molecule has 212 valence electrons. The van der Waals surface area contributed by atoms with Crippen LogP contribution in [0.25, 0.3) is 21.5 Å². The number of methoxy groups -OCH3 is 1. The number of nitrogens with zero attached hydrogens (tertiary/aromatic N) is 5. The monoisotopic (exact) mass is 576 g/mol. The minimum Gasteiger partial charge on any atom is -0.480 e. The normalized spacial score (nSPS) is 17.6. The fourth-order valence-corrected chi connectivity index (χ4v) is 6.78. The number of anilines is 2. The fourth-order valence-electron chi connectivity index (χ4n) is 5.12. The van der Waals surface area contributed by atoms with Crippen LogP contribution in [0.5, 0.6) is 5.88 Å². The lowest BCUT2D eigenvalue weighted by Gasteiger charge is -2.31. The molecule has 3 aromatic rings. The van der Waals surface area contributed by atoms with Crippen molar-refractivity contribution in [3.05, 3.63) is 22.7 Å². The lowest BCUT2D eigenvalue weighted by atomic mass is 10.1. The average Bonchev–Trinajstić information content (AvgIpc) is 3.23. The van der Waals surface area contributed by atoms with Gasteiger partial charge in [-0.05, 0) is 32.8 Å². The van der Waals surface area contributed by atoms with Crippen molar-refractivity contribution in [1.82, 2.24) is 19.9 Å². The third-order valence-electron chi connectivity index (χ3n) is 7.05. The first-order chi connectivity index (χ1) is 18.8. The molecule has 2 aliphatic heterocycles. The van der Waals surface area contributed by atoms with Crippen molar-refractivity contribution in [1.29, 1.82) is 0 Å². The standard InChI is InChI=1S/C26H36N6O5S2/c1-5-37-19-6-8-31(9-7-19)16-20-17(2)38-24-22(28-26(29-23(20)24)32-10-12-36-13-11-32)18-14-21(30-39(4,33)34)25(35-3)27-15-18/h14-15,19,30H,5-13,16H2,1-4H3. The average molecular weight is 577 g/mol. The second-order valence-corrected chi connectivity index (χ2v) is 12.8. The number of fused-ring (bicyclic) bond motifs is 1. The van der Waals surface area contributed by atoms with Crippen LogP contribution in [0.2, 0.25) is 0 Å². The Hall–Kier alpha value is -2.58.